The summed E-state index contributed by atoms with van der Waals surface area (Å²) >= 11 is 0. The Labute approximate surface area is 297 Å². The summed E-state index contributed by atoms with van der Waals surface area (Å²) in [6, 6.07) is 25.7. The number of aliphatic hydroxyl groups excluding tert-OH is 2. The van der Waals surface area contributed by atoms with E-state index in [2.05, 4.69) is 0 Å². The van der Waals surface area contributed by atoms with Crippen LogP contribution in [0.2, 0.25) is 0 Å². The maximum atomic E-state index is 15.2. The van der Waals surface area contributed by atoms with Gasteiger partial charge < -0.3 is 38.6 Å². The highest BCUT2D eigenvalue weighted by Crippen LogP contribution is 2.39. The lowest BCUT2D eigenvalue weighted by atomic mass is 10.0. The van der Waals surface area contributed by atoms with Crippen molar-refractivity contribution in [3.63, 3.8) is 0 Å². The van der Waals surface area contributed by atoms with Gasteiger partial charge >= 0.3 is 17.8 Å². The zero-order valence-electron chi connectivity index (χ0n) is 27.4. The van der Waals surface area contributed by atoms with Gasteiger partial charge in [0.05, 0.1) is 25.4 Å². The van der Waals surface area contributed by atoms with Crippen LogP contribution in [0.25, 0.3) is 0 Å². The van der Waals surface area contributed by atoms with Crippen molar-refractivity contribution < 1.29 is 61.0 Å². The van der Waals surface area contributed by atoms with E-state index < -0.39 is 67.0 Å². The second kappa shape index (κ2) is 19.4. The monoisotopic (exact) mass is 726 g/mol. The van der Waals surface area contributed by atoms with Gasteiger partial charge in [-0.25, -0.2) is 22.4 Å². The molecule has 2 aliphatic heterocycles. The van der Waals surface area contributed by atoms with Crippen molar-refractivity contribution in [2.75, 3.05) is 13.2 Å². The predicted octanol–water partition coefficient (Wildman–Crippen LogP) is 7.18. The Morgan fingerprint density at radius 1 is 0.922 bits per heavy atom. The molecule has 51 heavy (non-hydrogen) atoms. The molecule has 284 valence electrons. The van der Waals surface area contributed by atoms with Crippen LogP contribution in [0.4, 0.5) is 17.6 Å². The lowest BCUT2D eigenvalue weighted by Crippen LogP contribution is -2.54. The summed E-state index contributed by atoms with van der Waals surface area (Å²) in [5, 5.41) is 19.7. The predicted molar refractivity (Wildman–Crippen MR) is 182 cm³/mol. The second-order valence-corrected chi connectivity index (χ2v) is 12.1. The average molecular weight is 727 g/mol. The average Bonchev–Trinajstić information content (AvgIpc) is 3.56. The lowest BCUT2D eigenvalue weighted by molar-refractivity contribution is -0.242. The quantitative estimate of drug-likeness (QED) is 0.140. The van der Waals surface area contributed by atoms with Gasteiger partial charge in [-0.05, 0) is 43.5 Å². The summed E-state index contributed by atoms with van der Waals surface area (Å²) in [4.78, 5) is 12.0. The van der Waals surface area contributed by atoms with Crippen LogP contribution in [0.15, 0.2) is 91.0 Å². The summed E-state index contributed by atoms with van der Waals surface area (Å²) in [6.07, 6.45) is -9.57. The Hall–Kier alpha value is -3.43. The number of esters is 1. The fourth-order valence-corrected chi connectivity index (χ4v) is 5.23. The van der Waals surface area contributed by atoms with Crippen molar-refractivity contribution in [2.45, 2.75) is 110 Å². The molecule has 0 radical (unpaired) electrons. The van der Waals surface area contributed by atoms with Crippen LogP contribution in [-0.4, -0.2) is 83.8 Å². The fraction of sp³-hybridized carbons (Fsp3) is 0.500. The van der Waals surface area contributed by atoms with E-state index in [0.717, 1.165) is 5.56 Å². The largest absolute Gasteiger partial charge is 0.459 e. The van der Waals surface area contributed by atoms with Gasteiger partial charge in [0.2, 0.25) is 0 Å². The smallest absolute Gasteiger partial charge is 0.338 e. The number of halogens is 4. The third-order valence-electron chi connectivity index (χ3n) is 7.86. The van der Waals surface area contributed by atoms with Crippen molar-refractivity contribution in [1.29, 1.82) is 0 Å². The molecule has 2 N–H and O–H groups in total. The summed E-state index contributed by atoms with van der Waals surface area (Å²) in [6.45, 7) is 3.69. The zero-order chi connectivity index (χ0) is 35.7. The van der Waals surface area contributed by atoms with Crippen LogP contribution in [0.3, 0.4) is 0 Å². The van der Waals surface area contributed by atoms with Gasteiger partial charge in [0.1, 0.15) is 18.8 Å². The number of hydrogen-bond acceptors (Lipinski definition) is 9. The topological polar surface area (TPSA) is 113 Å². The van der Waals surface area contributed by atoms with E-state index in [4.69, 9.17) is 28.4 Å². The van der Waals surface area contributed by atoms with Crippen molar-refractivity contribution in [3.8, 4) is 0 Å². The summed E-state index contributed by atoms with van der Waals surface area (Å²) in [5.41, 5.74) is 1.66. The number of benzene rings is 3. The Bertz CT molecular complexity index is 1430. The van der Waals surface area contributed by atoms with Crippen molar-refractivity contribution >= 4 is 5.97 Å². The van der Waals surface area contributed by atoms with Crippen molar-refractivity contribution in [3.05, 3.63) is 108 Å². The number of carbonyl (C=O) groups is 1. The SMILES string of the molecule is C.C.CC1(C)OC[C@H]([C@H](OCc2ccccc2)C(F)(F)[C@H](O)COC(=O)c2ccccc2)O1.CC[C@H]1OC(O)[C@H](OCc2ccccc2)C1(F)F. The molecule has 13 heteroatoms. The maximum Gasteiger partial charge on any atom is 0.338 e. The van der Waals surface area contributed by atoms with Crippen LogP contribution >= 0.6 is 0 Å². The van der Waals surface area contributed by atoms with Crippen LogP contribution in [-0.2, 0) is 41.6 Å². The molecule has 2 fully saturated rings. The van der Waals surface area contributed by atoms with Crippen molar-refractivity contribution in [1.82, 2.24) is 0 Å². The van der Waals surface area contributed by atoms with Gasteiger partial charge in [0.15, 0.2) is 30.4 Å². The minimum absolute atomic E-state index is 0. The van der Waals surface area contributed by atoms with E-state index in [0.29, 0.717) is 5.56 Å². The number of hydrogen-bond donors (Lipinski definition) is 2. The van der Waals surface area contributed by atoms with E-state index in [9.17, 15) is 23.8 Å². The Morgan fingerprint density at radius 2 is 1.45 bits per heavy atom. The van der Waals surface area contributed by atoms with Gasteiger partial charge in [-0.15, -0.1) is 0 Å². The number of carbonyl (C=O) groups excluding carboxylic acids is 1. The normalized spacial score (nSPS) is 23.1. The highest BCUT2D eigenvalue weighted by Gasteiger charge is 2.59. The standard InChI is InChI=1S/C23H26F2O6.C13H16F2O3.2CH4/c1-22(2)30-14-18(31-22)20(28-13-16-9-5-3-6-10-16)23(24,25)19(26)15-29-21(27)17-11-7-4-8-12-17;1-2-10-13(14,15)11(12(16)18-10)17-8-9-6-4-3-5-7-9;;/h3-12,18-20,26H,13-15H2,1-2H3;3-7,10-12,16H,2,8H2,1H3;2*1H4/t18-,19-,20+;10-,11+,12?;;/m11../s1. The molecule has 3 aromatic carbocycles. The van der Waals surface area contributed by atoms with Gasteiger partial charge in [0, 0.05) is 0 Å². The van der Waals surface area contributed by atoms with E-state index in [1.165, 1.54) is 12.1 Å². The molecule has 5 rings (SSSR count). The molecule has 2 saturated heterocycles. The molecule has 0 amide bonds. The van der Waals surface area contributed by atoms with Gasteiger partial charge in [0.25, 0.3) is 0 Å². The Balaban J connectivity index is 0.000000386. The molecule has 0 saturated carbocycles. The molecule has 2 heterocycles. The molecule has 0 bridgehead atoms. The first-order chi connectivity index (χ1) is 23.2. The molecule has 3 aromatic rings. The van der Waals surface area contributed by atoms with Crippen LogP contribution < -0.4 is 0 Å². The maximum absolute atomic E-state index is 15.2. The number of ether oxygens (including phenoxy) is 6. The molecule has 9 nitrogen and oxygen atoms in total. The van der Waals surface area contributed by atoms with E-state index >= 15 is 8.78 Å². The Kier molecular flexibility index (Phi) is 16.7. The zero-order valence-corrected chi connectivity index (χ0v) is 27.4. The minimum Gasteiger partial charge on any atom is -0.459 e. The molecule has 6 atom stereocenters. The van der Waals surface area contributed by atoms with E-state index in [1.54, 1.807) is 93.6 Å². The minimum atomic E-state index is -3.78. The highest BCUT2D eigenvalue weighted by molar-refractivity contribution is 5.89. The molecule has 0 aliphatic carbocycles. The van der Waals surface area contributed by atoms with Gasteiger partial charge in [-0.2, -0.15) is 0 Å². The molecule has 0 aromatic heterocycles. The first-order valence-corrected chi connectivity index (χ1v) is 15.9. The number of alkyl halides is 4. The summed E-state index contributed by atoms with van der Waals surface area (Å²) in [7, 11) is 0. The van der Waals surface area contributed by atoms with Crippen LogP contribution in [0, 0.1) is 0 Å². The highest BCUT2D eigenvalue weighted by atomic mass is 19.3. The third-order valence-corrected chi connectivity index (χ3v) is 7.86. The van der Waals surface area contributed by atoms with Crippen LogP contribution in [0.5, 0.6) is 0 Å². The first-order valence-electron chi connectivity index (χ1n) is 15.9. The number of aliphatic hydroxyl groups is 2. The molecular formula is C38H50F4O9. The van der Waals surface area contributed by atoms with Crippen LogP contribution in [0.1, 0.15) is 63.5 Å². The van der Waals surface area contributed by atoms with Gasteiger partial charge in [-0.1, -0.05) is 101 Å². The summed E-state index contributed by atoms with van der Waals surface area (Å²) < 4.78 is 89.5. The molecule has 2 aliphatic rings. The van der Waals surface area contributed by atoms with Crippen molar-refractivity contribution in [2.24, 2.45) is 0 Å². The third kappa shape index (κ3) is 11.8. The Morgan fingerprint density at radius 3 is 1.94 bits per heavy atom. The molecular weight excluding hydrogens is 676 g/mol. The fourth-order valence-electron chi connectivity index (χ4n) is 5.23. The van der Waals surface area contributed by atoms with E-state index in [1.807, 2.05) is 6.07 Å². The first kappa shape index (κ1) is 43.7. The van der Waals surface area contributed by atoms with Gasteiger partial charge in [-0.3, -0.25) is 0 Å². The summed E-state index contributed by atoms with van der Waals surface area (Å²) in [5.74, 6) is -8.80. The molecule has 0 spiro atoms. The second-order valence-electron chi connectivity index (χ2n) is 12.1. The van der Waals surface area contributed by atoms with E-state index in [-0.39, 0.29) is 46.7 Å². The molecule has 1 unspecified atom stereocenters. The number of rotatable bonds is 13. The lowest BCUT2D eigenvalue weighted by Gasteiger charge is -2.33.